The van der Waals surface area contributed by atoms with Gasteiger partial charge in [-0.3, -0.25) is 4.79 Å². The van der Waals surface area contributed by atoms with Gasteiger partial charge >= 0.3 is 0 Å². The Kier molecular flexibility index (Phi) is 6.77. The number of rotatable bonds is 6. The number of quaternary nitrogens is 2. The molecule has 6 heteroatoms. The largest absolute Gasteiger partial charge is 0.322 e. The lowest BCUT2D eigenvalue weighted by Crippen LogP contribution is -3.28. The van der Waals surface area contributed by atoms with E-state index in [4.69, 9.17) is 11.6 Å². The zero-order valence-corrected chi connectivity index (χ0v) is 15.5. The van der Waals surface area contributed by atoms with Gasteiger partial charge in [0, 0.05) is 10.6 Å². The molecule has 0 saturated carbocycles. The minimum atomic E-state index is -0.0401. The Bertz CT molecular complexity index is 742. The Morgan fingerprint density at radius 1 is 1.00 bits per heavy atom. The molecule has 1 aliphatic rings. The first kappa shape index (κ1) is 18.6. The van der Waals surface area contributed by atoms with Crippen molar-refractivity contribution in [2.45, 2.75) is 6.54 Å². The molecule has 1 amide bonds. The molecule has 0 spiro atoms. The molecule has 26 heavy (non-hydrogen) atoms. The standard InChI is InChI=1S/C20H23ClN4O/c21-19-9-5-4-8-18(19)15-24-10-12-25(13-11-24)16-20(26)23-22-14-17-6-2-1-3-7-17/h1-9,14H,10-13,15-16H2,(H,23,26)/p+2/b22-14-. The molecule has 1 aliphatic heterocycles. The summed E-state index contributed by atoms with van der Waals surface area (Å²) >= 11 is 6.25. The monoisotopic (exact) mass is 372 g/mol. The summed E-state index contributed by atoms with van der Waals surface area (Å²) in [7, 11) is 0. The molecule has 0 radical (unpaired) electrons. The van der Waals surface area contributed by atoms with Crippen molar-refractivity contribution in [2.75, 3.05) is 32.7 Å². The number of halogens is 1. The Morgan fingerprint density at radius 2 is 1.65 bits per heavy atom. The molecule has 0 aromatic heterocycles. The van der Waals surface area contributed by atoms with Gasteiger partial charge in [0.25, 0.3) is 5.91 Å². The quantitative estimate of drug-likeness (QED) is 0.476. The highest BCUT2D eigenvalue weighted by atomic mass is 35.5. The van der Waals surface area contributed by atoms with Gasteiger partial charge in [-0.25, -0.2) is 5.43 Å². The molecule has 0 atom stereocenters. The minimum Gasteiger partial charge on any atom is -0.322 e. The average molecular weight is 373 g/mol. The molecule has 0 unspecified atom stereocenters. The van der Waals surface area contributed by atoms with E-state index in [2.05, 4.69) is 16.6 Å². The molecule has 136 valence electrons. The molecule has 2 aromatic rings. The maximum absolute atomic E-state index is 12.0. The van der Waals surface area contributed by atoms with Crippen LogP contribution in [0.15, 0.2) is 59.7 Å². The van der Waals surface area contributed by atoms with Crippen LogP contribution < -0.4 is 15.2 Å². The fourth-order valence-electron chi connectivity index (χ4n) is 3.21. The molecule has 2 aromatic carbocycles. The van der Waals surface area contributed by atoms with E-state index in [0.717, 1.165) is 43.3 Å². The van der Waals surface area contributed by atoms with E-state index in [0.29, 0.717) is 6.54 Å². The van der Waals surface area contributed by atoms with E-state index < -0.39 is 0 Å². The zero-order valence-electron chi connectivity index (χ0n) is 14.7. The van der Waals surface area contributed by atoms with Crippen LogP contribution in [-0.4, -0.2) is 44.8 Å². The van der Waals surface area contributed by atoms with Gasteiger partial charge in [-0.1, -0.05) is 60.1 Å². The van der Waals surface area contributed by atoms with Crippen molar-refractivity contribution in [3.05, 3.63) is 70.7 Å². The number of piperazine rings is 1. The number of nitrogens with zero attached hydrogens (tertiary/aromatic N) is 1. The van der Waals surface area contributed by atoms with Crippen LogP contribution in [0, 0.1) is 0 Å². The maximum Gasteiger partial charge on any atom is 0.295 e. The fraction of sp³-hybridized carbons (Fsp3) is 0.300. The molecule has 1 saturated heterocycles. The second kappa shape index (κ2) is 9.48. The van der Waals surface area contributed by atoms with E-state index in [1.54, 1.807) is 6.21 Å². The average Bonchev–Trinajstić information content (AvgIpc) is 2.66. The summed E-state index contributed by atoms with van der Waals surface area (Å²) in [6.07, 6.45) is 1.67. The lowest BCUT2D eigenvalue weighted by atomic mass is 10.2. The van der Waals surface area contributed by atoms with Gasteiger partial charge in [0.15, 0.2) is 6.54 Å². The SMILES string of the molecule is O=C(C[NH+]1CC[NH+](Cc2ccccc2Cl)CC1)N/N=C\c1ccccc1. The normalized spacial score (nSPS) is 20.2. The Hall–Kier alpha value is -2.21. The lowest BCUT2D eigenvalue weighted by Gasteiger charge is -2.29. The second-order valence-corrected chi connectivity index (χ2v) is 7.06. The van der Waals surface area contributed by atoms with E-state index in [1.165, 1.54) is 15.4 Å². The summed E-state index contributed by atoms with van der Waals surface area (Å²) in [5.74, 6) is -0.0401. The summed E-state index contributed by atoms with van der Waals surface area (Å²) in [5, 5.41) is 4.87. The van der Waals surface area contributed by atoms with Crippen LogP contribution in [0.2, 0.25) is 5.02 Å². The van der Waals surface area contributed by atoms with Gasteiger partial charge in [-0.2, -0.15) is 5.10 Å². The summed E-state index contributed by atoms with van der Waals surface area (Å²) < 4.78 is 0. The molecule has 0 aliphatic carbocycles. The van der Waals surface area contributed by atoms with Crippen LogP contribution in [0.3, 0.4) is 0 Å². The topological polar surface area (TPSA) is 50.3 Å². The van der Waals surface area contributed by atoms with Crippen molar-refractivity contribution < 1.29 is 14.6 Å². The van der Waals surface area contributed by atoms with Gasteiger partial charge in [0.2, 0.25) is 0 Å². The summed E-state index contributed by atoms with van der Waals surface area (Å²) in [5.41, 5.74) is 4.79. The van der Waals surface area contributed by atoms with Gasteiger partial charge in [-0.05, 0) is 11.6 Å². The summed E-state index contributed by atoms with van der Waals surface area (Å²) in [6.45, 7) is 5.46. The number of hydrogen-bond acceptors (Lipinski definition) is 2. The molecular formula is C20H25ClN4O+2. The minimum absolute atomic E-state index is 0.0401. The van der Waals surface area contributed by atoms with E-state index in [1.807, 2.05) is 48.5 Å². The van der Waals surface area contributed by atoms with Crippen molar-refractivity contribution in [1.29, 1.82) is 0 Å². The predicted octanol–water partition coefficient (Wildman–Crippen LogP) is -0.226. The summed E-state index contributed by atoms with van der Waals surface area (Å²) in [6, 6.07) is 17.8. The van der Waals surface area contributed by atoms with Crippen molar-refractivity contribution in [3.63, 3.8) is 0 Å². The molecule has 3 rings (SSSR count). The molecule has 3 N–H and O–H groups in total. The van der Waals surface area contributed by atoms with Crippen LogP contribution in [-0.2, 0) is 11.3 Å². The highest BCUT2D eigenvalue weighted by molar-refractivity contribution is 6.31. The molecule has 1 heterocycles. The first-order valence-electron chi connectivity index (χ1n) is 8.98. The Balaban J connectivity index is 1.39. The van der Waals surface area contributed by atoms with Crippen LogP contribution in [0.1, 0.15) is 11.1 Å². The Morgan fingerprint density at radius 3 is 2.38 bits per heavy atom. The number of amides is 1. The van der Waals surface area contributed by atoms with Crippen molar-refractivity contribution in [1.82, 2.24) is 5.43 Å². The summed E-state index contributed by atoms with van der Waals surface area (Å²) in [4.78, 5) is 14.9. The van der Waals surface area contributed by atoms with Crippen LogP contribution in [0.25, 0.3) is 0 Å². The number of carbonyl (C=O) groups excluding carboxylic acids is 1. The second-order valence-electron chi connectivity index (χ2n) is 6.65. The van der Waals surface area contributed by atoms with Gasteiger partial charge < -0.3 is 9.80 Å². The first-order chi connectivity index (χ1) is 12.7. The van der Waals surface area contributed by atoms with Crippen LogP contribution in [0.5, 0.6) is 0 Å². The molecule has 1 fully saturated rings. The number of carbonyl (C=O) groups is 1. The number of benzene rings is 2. The third-order valence-corrected chi connectivity index (χ3v) is 5.04. The highest BCUT2D eigenvalue weighted by Gasteiger charge is 2.25. The van der Waals surface area contributed by atoms with Gasteiger partial charge in [-0.15, -0.1) is 0 Å². The van der Waals surface area contributed by atoms with Crippen molar-refractivity contribution in [2.24, 2.45) is 5.10 Å². The first-order valence-corrected chi connectivity index (χ1v) is 9.36. The number of hydrazone groups is 1. The fourth-order valence-corrected chi connectivity index (χ4v) is 3.41. The van der Waals surface area contributed by atoms with E-state index >= 15 is 0 Å². The smallest absolute Gasteiger partial charge is 0.295 e. The predicted molar refractivity (Wildman–Crippen MR) is 104 cm³/mol. The van der Waals surface area contributed by atoms with Crippen molar-refractivity contribution >= 4 is 23.7 Å². The molecule has 0 bridgehead atoms. The van der Waals surface area contributed by atoms with Crippen molar-refractivity contribution in [3.8, 4) is 0 Å². The van der Waals surface area contributed by atoms with E-state index in [9.17, 15) is 4.79 Å². The Labute approximate surface area is 159 Å². The lowest BCUT2D eigenvalue weighted by molar-refractivity contribution is -1.02. The number of nitrogens with one attached hydrogen (secondary N) is 3. The molecule has 5 nitrogen and oxygen atoms in total. The third kappa shape index (κ3) is 5.66. The number of hydrogen-bond donors (Lipinski definition) is 3. The maximum atomic E-state index is 12.0. The molecular weight excluding hydrogens is 348 g/mol. The third-order valence-electron chi connectivity index (χ3n) is 4.68. The van der Waals surface area contributed by atoms with Crippen LogP contribution >= 0.6 is 11.6 Å². The van der Waals surface area contributed by atoms with Gasteiger partial charge in [0.1, 0.15) is 32.7 Å². The zero-order chi connectivity index (χ0) is 18.2. The van der Waals surface area contributed by atoms with Gasteiger partial charge in [0.05, 0.1) is 6.21 Å². The highest BCUT2D eigenvalue weighted by Crippen LogP contribution is 2.13. The van der Waals surface area contributed by atoms with Crippen LogP contribution in [0.4, 0.5) is 0 Å². The van der Waals surface area contributed by atoms with E-state index in [-0.39, 0.29) is 5.91 Å².